The van der Waals surface area contributed by atoms with Crippen molar-refractivity contribution >= 4 is 15.9 Å². The van der Waals surface area contributed by atoms with E-state index in [4.69, 9.17) is 9.47 Å². The average molecular weight is 427 g/mol. The second kappa shape index (κ2) is 9.53. The SMILES string of the molecule is COc1cc(CNCc2ccncc2)c(Br)cc1OCc1cccc(C)c1. The van der Waals surface area contributed by atoms with Crippen molar-refractivity contribution in [2.75, 3.05) is 7.11 Å². The van der Waals surface area contributed by atoms with Crippen LogP contribution >= 0.6 is 15.9 Å². The molecule has 0 radical (unpaired) electrons. The summed E-state index contributed by atoms with van der Waals surface area (Å²) in [6, 6.07) is 16.3. The summed E-state index contributed by atoms with van der Waals surface area (Å²) >= 11 is 3.65. The molecule has 3 rings (SSSR count). The number of aryl methyl sites for hydroxylation is 1. The molecule has 1 heterocycles. The summed E-state index contributed by atoms with van der Waals surface area (Å²) < 4.78 is 12.5. The van der Waals surface area contributed by atoms with Gasteiger partial charge in [0.1, 0.15) is 6.61 Å². The third-order valence-corrected chi connectivity index (χ3v) is 4.94. The zero-order chi connectivity index (χ0) is 19.1. The molecule has 0 bridgehead atoms. The van der Waals surface area contributed by atoms with Gasteiger partial charge in [-0.25, -0.2) is 0 Å². The van der Waals surface area contributed by atoms with E-state index in [1.807, 2.05) is 30.3 Å². The van der Waals surface area contributed by atoms with E-state index in [0.717, 1.165) is 40.2 Å². The number of ether oxygens (including phenoxy) is 2. The largest absolute Gasteiger partial charge is 0.493 e. The number of pyridine rings is 1. The van der Waals surface area contributed by atoms with E-state index in [-0.39, 0.29) is 0 Å². The van der Waals surface area contributed by atoms with E-state index in [0.29, 0.717) is 6.61 Å². The standard InChI is InChI=1S/C22H23BrN2O2/c1-16-4-3-5-18(10-16)15-27-22-12-20(23)19(11-21(22)26-2)14-25-13-17-6-8-24-9-7-17/h3-12,25H,13-15H2,1-2H3. The van der Waals surface area contributed by atoms with Gasteiger partial charge in [-0.3, -0.25) is 4.98 Å². The van der Waals surface area contributed by atoms with Gasteiger partial charge in [0, 0.05) is 30.0 Å². The Hall–Kier alpha value is -2.37. The molecule has 0 unspecified atom stereocenters. The molecule has 0 saturated heterocycles. The predicted octanol–water partition coefficient (Wildman–Crippen LogP) is 5.03. The van der Waals surface area contributed by atoms with Crippen molar-refractivity contribution in [1.29, 1.82) is 0 Å². The van der Waals surface area contributed by atoms with Crippen LogP contribution in [0.4, 0.5) is 0 Å². The Morgan fingerprint density at radius 1 is 0.963 bits per heavy atom. The molecule has 0 aliphatic heterocycles. The van der Waals surface area contributed by atoms with Crippen LogP contribution in [0.15, 0.2) is 65.4 Å². The summed E-state index contributed by atoms with van der Waals surface area (Å²) in [5.74, 6) is 1.45. The summed E-state index contributed by atoms with van der Waals surface area (Å²) in [4.78, 5) is 4.04. The fourth-order valence-corrected chi connectivity index (χ4v) is 3.25. The number of methoxy groups -OCH3 is 1. The van der Waals surface area contributed by atoms with Gasteiger partial charge in [-0.1, -0.05) is 45.8 Å². The van der Waals surface area contributed by atoms with Crippen LogP contribution in [0.25, 0.3) is 0 Å². The summed E-state index contributed by atoms with van der Waals surface area (Å²) in [5.41, 5.74) is 4.67. The van der Waals surface area contributed by atoms with Crippen molar-refractivity contribution in [2.45, 2.75) is 26.6 Å². The van der Waals surface area contributed by atoms with E-state index in [1.54, 1.807) is 19.5 Å². The van der Waals surface area contributed by atoms with E-state index >= 15 is 0 Å². The Labute approximate surface area is 168 Å². The minimum Gasteiger partial charge on any atom is -0.493 e. The lowest BCUT2D eigenvalue weighted by molar-refractivity contribution is 0.284. The number of aromatic nitrogens is 1. The van der Waals surface area contributed by atoms with Crippen LogP contribution in [0, 0.1) is 6.92 Å². The smallest absolute Gasteiger partial charge is 0.162 e. The van der Waals surface area contributed by atoms with Gasteiger partial charge in [-0.05, 0) is 47.9 Å². The Morgan fingerprint density at radius 2 is 1.78 bits per heavy atom. The molecule has 0 aliphatic carbocycles. The first-order valence-electron chi connectivity index (χ1n) is 8.80. The van der Waals surface area contributed by atoms with Crippen LogP contribution in [0.5, 0.6) is 11.5 Å². The highest BCUT2D eigenvalue weighted by molar-refractivity contribution is 9.10. The number of rotatable bonds is 8. The number of benzene rings is 2. The monoisotopic (exact) mass is 426 g/mol. The van der Waals surface area contributed by atoms with E-state index in [9.17, 15) is 0 Å². The Morgan fingerprint density at radius 3 is 2.52 bits per heavy atom. The number of nitrogens with one attached hydrogen (secondary N) is 1. The van der Waals surface area contributed by atoms with Gasteiger partial charge >= 0.3 is 0 Å². The van der Waals surface area contributed by atoms with Gasteiger partial charge in [0.05, 0.1) is 7.11 Å². The highest BCUT2D eigenvalue weighted by Gasteiger charge is 2.11. The highest BCUT2D eigenvalue weighted by Crippen LogP contribution is 2.34. The Kier molecular flexibility index (Phi) is 6.85. The number of halogens is 1. The molecule has 0 spiro atoms. The van der Waals surface area contributed by atoms with E-state index in [2.05, 4.69) is 51.4 Å². The third-order valence-electron chi connectivity index (χ3n) is 4.20. The molecule has 3 aromatic rings. The summed E-state index contributed by atoms with van der Waals surface area (Å²) in [6.45, 7) is 4.08. The van der Waals surface area contributed by atoms with Crippen LogP contribution in [-0.4, -0.2) is 12.1 Å². The molecule has 0 aliphatic rings. The number of hydrogen-bond acceptors (Lipinski definition) is 4. The lowest BCUT2D eigenvalue weighted by Crippen LogP contribution is -2.13. The normalized spacial score (nSPS) is 10.6. The zero-order valence-corrected chi connectivity index (χ0v) is 17.1. The number of nitrogens with zero attached hydrogens (tertiary/aromatic N) is 1. The van der Waals surface area contributed by atoms with Gasteiger partial charge < -0.3 is 14.8 Å². The first kappa shape index (κ1) is 19.4. The molecule has 1 aromatic heterocycles. The van der Waals surface area contributed by atoms with Gasteiger partial charge in [-0.15, -0.1) is 0 Å². The van der Waals surface area contributed by atoms with Crippen LogP contribution < -0.4 is 14.8 Å². The predicted molar refractivity (Wildman–Crippen MR) is 111 cm³/mol. The molecular formula is C22H23BrN2O2. The maximum absolute atomic E-state index is 6.00. The van der Waals surface area contributed by atoms with Gasteiger partial charge in [0.15, 0.2) is 11.5 Å². The van der Waals surface area contributed by atoms with E-state index in [1.165, 1.54) is 11.1 Å². The van der Waals surface area contributed by atoms with Crippen LogP contribution in [-0.2, 0) is 19.7 Å². The second-order valence-electron chi connectivity index (χ2n) is 6.33. The Bertz CT molecular complexity index is 885. The van der Waals surface area contributed by atoms with Crippen LogP contribution in [0.2, 0.25) is 0 Å². The summed E-state index contributed by atoms with van der Waals surface area (Å²) in [7, 11) is 1.66. The fraction of sp³-hybridized carbons (Fsp3) is 0.227. The molecular weight excluding hydrogens is 404 g/mol. The molecule has 27 heavy (non-hydrogen) atoms. The van der Waals surface area contributed by atoms with Gasteiger partial charge in [0.2, 0.25) is 0 Å². The molecule has 140 valence electrons. The molecule has 5 heteroatoms. The summed E-state index contributed by atoms with van der Waals surface area (Å²) in [5, 5.41) is 3.44. The molecule has 4 nitrogen and oxygen atoms in total. The number of hydrogen-bond donors (Lipinski definition) is 1. The van der Waals surface area contributed by atoms with Crippen molar-refractivity contribution in [3.8, 4) is 11.5 Å². The third kappa shape index (κ3) is 5.55. The zero-order valence-electron chi connectivity index (χ0n) is 15.5. The molecule has 0 fully saturated rings. The van der Waals surface area contributed by atoms with Crippen LogP contribution in [0.1, 0.15) is 22.3 Å². The first-order valence-corrected chi connectivity index (χ1v) is 9.59. The van der Waals surface area contributed by atoms with Crippen molar-refractivity contribution in [3.05, 3.63) is 87.7 Å². The minimum atomic E-state index is 0.504. The fourth-order valence-electron chi connectivity index (χ4n) is 2.79. The molecule has 2 aromatic carbocycles. The average Bonchev–Trinajstić information content (AvgIpc) is 2.68. The van der Waals surface area contributed by atoms with Gasteiger partial charge in [0.25, 0.3) is 0 Å². The lowest BCUT2D eigenvalue weighted by Gasteiger charge is -2.15. The minimum absolute atomic E-state index is 0.504. The quantitative estimate of drug-likeness (QED) is 0.548. The molecule has 0 saturated carbocycles. The van der Waals surface area contributed by atoms with E-state index < -0.39 is 0 Å². The summed E-state index contributed by atoms with van der Waals surface area (Å²) in [6.07, 6.45) is 3.60. The van der Waals surface area contributed by atoms with Crippen molar-refractivity contribution in [3.63, 3.8) is 0 Å². The second-order valence-corrected chi connectivity index (χ2v) is 7.19. The van der Waals surface area contributed by atoms with Gasteiger partial charge in [-0.2, -0.15) is 0 Å². The molecule has 1 N–H and O–H groups in total. The van der Waals surface area contributed by atoms with Crippen molar-refractivity contribution in [2.24, 2.45) is 0 Å². The maximum atomic E-state index is 6.00. The topological polar surface area (TPSA) is 43.4 Å². The molecule has 0 atom stereocenters. The lowest BCUT2D eigenvalue weighted by atomic mass is 10.1. The highest BCUT2D eigenvalue weighted by atomic mass is 79.9. The maximum Gasteiger partial charge on any atom is 0.162 e. The molecule has 0 amide bonds. The van der Waals surface area contributed by atoms with Crippen molar-refractivity contribution < 1.29 is 9.47 Å². The van der Waals surface area contributed by atoms with Crippen molar-refractivity contribution in [1.82, 2.24) is 10.3 Å². The Balaban J connectivity index is 1.65. The first-order chi connectivity index (χ1) is 13.2. The van der Waals surface area contributed by atoms with Crippen LogP contribution in [0.3, 0.4) is 0 Å².